The number of anilines is 1. The van der Waals surface area contributed by atoms with Crippen LogP contribution in [-0.4, -0.2) is 78.6 Å². The van der Waals surface area contributed by atoms with Crippen LogP contribution in [0, 0.1) is 0 Å². The van der Waals surface area contributed by atoms with Crippen molar-refractivity contribution in [1.29, 1.82) is 0 Å². The Labute approximate surface area is 313 Å². The van der Waals surface area contributed by atoms with Crippen LogP contribution >= 0.6 is 0 Å². The van der Waals surface area contributed by atoms with Gasteiger partial charge >= 0.3 is 5.97 Å². The zero-order valence-corrected chi connectivity index (χ0v) is 31.8. The standard InChI is InChI=1S/C38H42N4O10S2/c1-37(2)17-22(19-53(46,47)48)25-13-28-32(15-30(25)41-37)52-33-16-31-26(23(20-54(49,50)51)18-38(3,4)42-31)14-29(33)34(28)24-9-8-21(12-27(24)36(44)45)35(43)40-11-7-5-6-10-39/h8-9,12-18,41H,5-7,10-11,19-20,39H2,1-4H3,(H,40,43)(H,44,45)(H,46,47,48)(H,49,50,51). The van der Waals surface area contributed by atoms with Gasteiger partial charge in [-0.2, -0.15) is 8.42 Å². The molecule has 0 fully saturated rings. The number of hydrogen-bond donors (Lipinski definition) is 6. The van der Waals surface area contributed by atoms with Gasteiger partial charge in [0.15, 0.2) is 5.54 Å². The van der Waals surface area contributed by atoms with Gasteiger partial charge in [-0.1, -0.05) is 18.6 Å². The molecule has 0 saturated heterocycles. The predicted octanol–water partition coefficient (Wildman–Crippen LogP) is 1.49. The van der Waals surface area contributed by atoms with Crippen LogP contribution in [0.3, 0.4) is 0 Å². The first-order valence-electron chi connectivity index (χ1n) is 17.3. The van der Waals surface area contributed by atoms with E-state index >= 15 is 0 Å². The van der Waals surface area contributed by atoms with Crippen molar-refractivity contribution in [3.8, 4) is 11.5 Å². The van der Waals surface area contributed by atoms with Crippen molar-refractivity contribution in [3.05, 3.63) is 98.6 Å². The van der Waals surface area contributed by atoms with Gasteiger partial charge in [0, 0.05) is 59.6 Å². The molecule has 0 radical (unpaired) electrons. The minimum atomic E-state index is -4.72. The minimum absolute atomic E-state index is 0.112. The van der Waals surface area contributed by atoms with Crippen molar-refractivity contribution < 1.29 is 50.4 Å². The average molecular weight is 779 g/mol. The van der Waals surface area contributed by atoms with Crippen LogP contribution in [0.25, 0.3) is 16.7 Å². The summed E-state index contributed by atoms with van der Waals surface area (Å²) >= 11 is 0. The summed E-state index contributed by atoms with van der Waals surface area (Å²) in [6.07, 6.45) is 5.66. The lowest BCUT2D eigenvalue weighted by Crippen LogP contribution is -2.89. The second-order valence-corrected chi connectivity index (χ2v) is 17.8. The van der Waals surface area contributed by atoms with Crippen LogP contribution in [0.4, 0.5) is 5.69 Å². The molecule has 7 N–H and O–H groups in total. The normalized spacial score (nSPS) is 16.5. The molecule has 3 aromatic rings. The highest BCUT2D eigenvalue weighted by atomic mass is 32.2. The first kappa shape index (κ1) is 38.8. The molecule has 14 nitrogen and oxygen atoms in total. The number of ether oxygens (including phenoxy) is 1. The van der Waals surface area contributed by atoms with Crippen LogP contribution in [0.1, 0.15) is 89.9 Å². The topological polar surface area (TPSA) is 239 Å². The lowest BCUT2D eigenvalue weighted by atomic mass is 9.84. The molecule has 0 saturated carbocycles. The van der Waals surface area contributed by atoms with Crippen molar-refractivity contribution in [2.75, 3.05) is 29.9 Å². The molecule has 1 amide bonds. The summed E-state index contributed by atoms with van der Waals surface area (Å²) in [5.41, 5.74) is 6.65. The number of fused-ring (bicyclic) bond motifs is 4. The summed E-state index contributed by atoms with van der Waals surface area (Å²) in [6, 6.07) is 10.9. The molecule has 0 bridgehead atoms. The van der Waals surface area contributed by atoms with E-state index in [4.69, 9.17) is 10.5 Å². The molecule has 0 aliphatic carbocycles. The summed E-state index contributed by atoms with van der Waals surface area (Å²) in [7, 11) is -9.20. The monoisotopic (exact) mass is 778 g/mol. The highest BCUT2D eigenvalue weighted by Crippen LogP contribution is 2.45. The third-order valence-electron chi connectivity index (χ3n) is 9.29. The van der Waals surface area contributed by atoms with E-state index in [1.165, 1.54) is 18.2 Å². The van der Waals surface area contributed by atoms with Gasteiger partial charge in [-0.05, 0) is 80.3 Å². The van der Waals surface area contributed by atoms with E-state index in [0.717, 1.165) is 12.8 Å². The van der Waals surface area contributed by atoms with Gasteiger partial charge < -0.3 is 30.8 Å². The van der Waals surface area contributed by atoms with Gasteiger partial charge in [-0.3, -0.25) is 9.35 Å². The number of benzene rings is 3. The number of nitrogens with two attached hydrogens (primary N) is 1. The van der Waals surface area contributed by atoms with Gasteiger partial charge in [-0.25, -0.2) is 18.2 Å². The van der Waals surface area contributed by atoms with E-state index in [1.54, 1.807) is 36.4 Å². The maximum Gasteiger partial charge on any atom is 0.336 e. The summed E-state index contributed by atoms with van der Waals surface area (Å²) in [6.45, 7) is 8.20. The van der Waals surface area contributed by atoms with Crippen LogP contribution in [0.15, 0.2) is 54.6 Å². The largest absolute Gasteiger partial charge is 0.748 e. The third-order valence-corrected chi connectivity index (χ3v) is 10.6. The smallest absolute Gasteiger partial charge is 0.336 e. The maximum absolute atomic E-state index is 13.1. The van der Waals surface area contributed by atoms with Crippen molar-refractivity contribution in [3.63, 3.8) is 0 Å². The number of carboxylic acid groups (broad SMARTS) is 1. The molecular formula is C38H42N4O10S2. The number of nitrogens with one attached hydrogen (secondary N) is 3. The van der Waals surface area contributed by atoms with Crippen molar-refractivity contribution in [1.82, 2.24) is 5.32 Å². The van der Waals surface area contributed by atoms with E-state index in [0.29, 0.717) is 63.6 Å². The Kier molecular flexibility index (Phi) is 10.1. The molecule has 286 valence electrons. The number of unbranched alkanes of at least 4 members (excludes halogenated alkanes) is 2. The van der Waals surface area contributed by atoms with Crippen LogP contribution in [0.5, 0.6) is 11.5 Å². The van der Waals surface area contributed by atoms with Gasteiger partial charge in [0.05, 0.1) is 38.6 Å². The molecular weight excluding hydrogens is 737 g/mol. The zero-order chi connectivity index (χ0) is 39.4. The molecule has 16 heteroatoms. The Hall–Kier alpha value is -4.87. The molecule has 3 aromatic carbocycles. The molecule has 54 heavy (non-hydrogen) atoms. The molecule has 3 aliphatic rings. The fraction of sp³-hybridized carbons (Fsp3) is 0.342. The first-order chi connectivity index (χ1) is 25.1. The highest BCUT2D eigenvalue weighted by Gasteiger charge is 2.34. The van der Waals surface area contributed by atoms with Crippen molar-refractivity contribution in [2.45, 2.75) is 58.0 Å². The number of carbonyl (C=O) groups excluding carboxylic acids is 1. The fourth-order valence-corrected chi connectivity index (χ4v) is 8.51. The Morgan fingerprint density at radius 2 is 1.61 bits per heavy atom. The number of aromatic carboxylic acids is 1. The minimum Gasteiger partial charge on any atom is -0.748 e. The van der Waals surface area contributed by atoms with E-state index in [2.05, 4.69) is 15.6 Å². The first-order valence-corrected chi connectivity index (χ1v) is 20.5. The molecule has 6 rings (SSSR count). The average Bonchev–Trinajstić information content (AvgIpc) is 3.03. The Morgan fingerprint density at radius 3 is 2.28 bits per heavy atom. The number of carbonyl (C=O) groups is 2. The van der Waals surface area contributed by atoms with Gasteiger partial charge in [-0.15, -0.1) is 0 Å². The third kappa shape index (κ3) is 8.42. The fourth-order valence-electron chi connectivity index (χ4n) is 7.26. The van der Waals surface area contributed by atoms with E-state index in [9.17, 15) is 40.6 Å². The van der Waals surface area contributed by atoms with Crippen LogP contribution < -0.4 is 36.7 Å². The Balaban J connectivity index is 1.63. The summed E-state index contributed by atoms with van der Waals surface area (Å²) in [5.74, 6) is -2.72. The van der Waals surface area contributed by atoms with Crippen molar-refractivity contribution >= 4 is 54.5 Å². The zero-order valence-electron chi connectivity index (χ0n) is 30.2. The Bertz CT molecular complexity index is 2520. The Morgan fingerprint density at radius 1 is 0.889 bits per heavy atom. The number of hydrogen-bond acceptors (Lipinski definition) is 10. The summed E-state index contributed by atoms with van der Waals surface area (Å²) in [5, 5.41) is 17.6. The molecule has 0 aromatic heterocycles. The summed E-state index contributed by atoms with van der Waals surface area (Å²) < 4.78 is 76.9. The SMILES string of the molecule is CC1(C)C=C(CS(=O)(=O)[O-])c2cc3c(cc2N1)Oc1cc2c(cc1=C3c1ccc(C(=O)NCCCCCN)cc1C(=O)O)C(CS(=O)(=O)O)=CC(C)(C)[NH+]=2. The number of amides is 1. The van der Waals surface area contributed by atoms with E-state index < -0.39 is 54.7 Å². The van der Waals surface area contributed by atoms with Crippen molar-refractivity contribution in [2.24, 2.45) is 5.73 Å². The number of rotatable bonds is 12. The molecule has 0 unspecified atom stereocenters. The van der Waals surface area contributed by atoms with E-state index in [1.807, 2.05) is 27.7 Å². The van der Waals surface area contributed by atoms with Gasteiger partial charge in [0.25, 0.3) is 16.0 Å². The lowest BCUT2D eigenvalue weighted by molar-refractivity contribution is -0.568. The molecule has 0 atom stereocenters. The summed E-state index contributed by atoms with van der Waals surface area (Å²) in [4.78, 5) is 29.5. The lowest BCUT2D eigenvalue weighted by Gasteiger charge is -2.34. The van der Waals surface area contributed by atoms with Crippen LogP contribution in [-0.2, 0) is 20.2 Å². The second kappa shape index (κ2) is 14.1. The van der Waals surface area contributed by atoms with E-state index in [-0.39, 0.29) is 33.8 Å². The number of carboxylic acids is 1. The molecule has 3 heterocycles. The second-order valence-electron chi connectivity index (χ2n) is 14.9. The quantitative estimate of drug-likeness (QED) is 0.0886. The molecule has 0 spiro atoms. The van der Waals surface area contributed by atoms with Gasteiger partial charge in [0.1, 0.15) is 17.3 Å². The van der Waals surface area contributed by atoms with Crippen LogP contribution in [0.2, 0.25) is 0 Å². The van der Waals surface area contributed by atoms with Gasteiger partial charge in [0.2, 0.25) is 5.36 Å². The molecule has 3 aliphatic heterocycles. The predicted molar refractivity (Wildman–Crippen MR) is 201 cm³/mol. The maximum atomic E-state index is 13.1. The highest BCUT2D eigenvalue weighted by molar-refractivity contribution is 7.86.